The number of nitrogens with one attached hydrogen (secondary N) is 2. The first-order chi connectivity index (χ1) is 12.8. The van der Waals surface area contributed by atoms with Crippen LogP contribution in [0.5, 0.6) is 0 Å². The lowest BCUT2D eigenvalue weighted by molar-refractivity contribution is 0.181. The number of carbonyl (C=O) groups excluding carboxylic acids is 1. The van der Waals surface area contributed by atoms with E-state index in [4.69, 9.17) is 0 Å². The monoisotopic (exact) mass is 351 g/mol. The number of urea groups is 1. The van der Waals surface area contributed by atoms with Crippen LogP contribution < -0.4 is 10.6 Å². The quantitative estimate of drug-likeness (QED) is 0.750. The van der Waals surface area contributed by atoms with E-state index in [-0.39, 0.29) is 6.03 Å². The average molecular weight is 351 g/mol. The Morgan fingerprint density at radius 1 is 1.08 bits per heavy atom. The SMILES string of the molecule is CCNC(=O)NCCCN1CCc2ccccc2C1Cc1ccccc1. The first-order valence-corrected chi connectivity index (χ1v) is 9.65. The standard InChI is InChI=1S/C22H29N3O/c1-2-23-22(26)24-14-8-15-25-16-13-19-11-6-7-12-20(19)21(25)17-18-9-4-3-5-10-18/h3-7,9-12,21H,2,8,13-17H2,1H3,(H2,23,24,26). The van der Waals surface area contributed by atoms with Gasteiger partial charge < -0.3 is 10.6 Å². The van der Waals surface area contributed by atoms with Crippen molar-refractivity contribution in [3.63, 3.8) is 0 Å². The molecule has 0 aromatic heterocycles. The minimum Gasteiger partial charge on any atom is -0.338 e. The Kier molecular flexibility index (Phi) is 6.67. The maximum atomic E-state index is 11.5. The van der Waals surface area contributed by atoms with Crippen LogP contribution in [0.15, 0.2) is 54.6 Å². The summed E-state index contributed by atoms with van der Waals surface area (Å²) in [5.74, 6) is 0. The fourth-order valence-electron chi connectivity index (χ4n) is 3.75. The molecule has 1 aliphatic rings. The zero-order chi connectivity index (χ0) is 18.2. The maximum Gasteiger partial charge on any atom is 0.314 e. The molecule has 1 heterocycles. The molecule has 4 heteroatoms. The number of hydrogen-bond donors (Lipinski definition) is 2. The van der Waals surface area contributed by atoms with Crippen molar-refractivity contribution in [1.82, 2.24) is 15.5 Å². The van der Waals surface area contributed by atoms with Crippen molar-refractivity contribution < 1.29 is 4.79 Å². The highest BCUT2D eigenvalue weighted by atomic mass is 16.2. The molecule has 2 aromatic rings. The van der Waals surface area contributed by atoms with Crippen molar-refractivity contribution in [3.05, 3.63) is 71.3 Å². The molecule has 1 aliphatic heterocycles. The Hall–Kier alpha value is -2.33. The number of nitrogens with zero attached hydrogens (tertiary/aromatic N) is 1. The molecule has 2 amide bonds. The molecule has 0 spiro atoms. The molecule has 0 aliphatic carbocycles. The van der Waals surface area contributed by atoms with E-state index in [1.165, 1.54) is 16.7 Å². The van der Waals surface area contributed by atoms with E-state index in [1.54, 1.807) is 0 Å². The zero-order valence-corrected chi connectivity index (χ0v) is 15.6. The molecule has 0 saturated carbocycles. The van der Waals surface area contributed by atoms with Crippen LogP contribution in [0.2, 0.25) is 0 Å². The minimum absolute atomic E-state index is 0.0719. The highest BCUT2D eigenvalue weighted by Gasteiger charge is 2.26. The summed E-state index contributed by atoms with van der Waals surface area (Å²) < 4.78 is 0. The first kappa shape index (κ1) is 18.5. The second-order valence-electron chi connectivity index (χ2n) is 6.83. The molecule has 0 saturated heterocycles. The number of carbonyl (C=O) groups is 1. The van der Waals surface area contributed by atoms with E-state index in [0.717, 1.165) is 32.4 Å². The number of fused-ring (bicyclic) bond motifs is 1. The molecule has 0 radical (unpaired) electrons. The van der Waals surface area contributed by atoms with Crippen molar-refractivity contribution in [2.75, 3.05) is 26.2 Å². The topological polar surface area (TPSA) is 44.4 Å². The van der Waals surface area contributed by atoms with Crippen molar-refractivity contribution in [1.29, 1.82) is 0 Å². The van der Waals surface area contributed by atoms with Gasteiger partial charge in [-0.15, -0.1) is 0 Å². The van der Waals surface area contributed by atoms with Crippen molar-refractivity contribution in [2.24, 2.45) is 0 Å². The summed E-state index contributed by atoms with van der Waals surface area (Å²) in [6.45, 7) is 5.38. The molecule has 1 unspecified atom stereocenters. The van der Waals surface area contributed by atoms with E-state index in [1.807, 2.05) is 6.92 Å². The molecule has 0 fully saturated rings. The smallest absolute Gasteiger partial charge is 0.314 e. The molecule has 4 nitrogen and oxygen atoms in total. The van der Waals surface area contributed by atoms with Crippen LogP contribution in [-0.2, 0) is 12.8 Å². The van der Waals surface area contributed by atoms with Gasteiger partial charge in [-0.3, -0.25) is 4.90 Å². The normalized spacial score (nSPS) is 16.7. The fourth-order valence-corrected chi connectivity index (χ4v) is 3.75. The van der Waals surface area contributed by atoms with Crippen LogP contribution in [-0.4, -0.2) is 37.1 Å². The molecular weight excluding hydrogens is 322 g/mol. The van der Waals surface area contributed by atoms with Gasteiger partial charge in [0.2, 0.25) is 0 Å². The van der Waals surface area contributed by atoms with E-state index < -0.39 is 0 Å². The number of amides is 2. The molecular formula is C22H29N3O. The van der Waals surface area contributed by atoms with E-state index in [9.17, 15) is 4.79 Å². The van der Waals surface area contributed by atoms with Gasteiger partial charge in [-0.1, -0.05) is 54.6 Å². The van der Waals surface area contributed by atoms with Crippen molar-refractivity contribution >= 4 is 6.03 Å². The van der Waals surface area contributed by atoms with Gasteiger partial charge in [-0.2, -0.15) is 0 Å². The van der Waals surface area contributed by atoms with E-state index in [0.29, 0.717) is 19.1 Å². The van der Waals surface area contributed by atoms with Crippen LogP contribution >= 0.6 is 0 Å². The Bertz CT molecular complexity index is 702. The highest BCUT2D eigenvalue weighted by Crippen LogP contribution is 2.32. The van der Waals surface area contributed by atoms with E-state index >= 15 is 0 Å². The van der Waals surface area contributed by atoms with Crippen LogP contribution in [0.1, 0.15) is 36.1 Å². The predicted molar refractivity (Wildman–Crippen MR) is 106 cm³/mol. The molecule has 2 N–H and O–H groups in total. The number of benzene rings is 2. The zero-order valence-electron chi connectivity index (χ0n) is 15.6. The summed E-state index contributed by atoms with van der Waals surface area (Å²) in [6, 6.07) is 19.9. The number of hydrogen-bond acceptors (Lipinski definition) is 2. The molecule has 1 atom stereocenters. The summed E-state index contributed by atoms with van der Waals surface area (Å²) in [7, 11) is 0. The van der Waals surface area contributed by atoms with E-state index in [2.05, 4.69) is 70.1 Å². The third-order valence-corrected chi connectivity index (χ3v) is 5.04. The van der Waals surface area contributed by atoms with Gasteiger partial charge in [-0.05, 0) is 42.9 Å². The summed E-state index contributed by atoms with van der Waals surface area (Å²) in [4.78, 5) is 14.1. The van der Waals surface area contributed by atoms with Gasteiger partial charge in [0.15, 0.2) is 0 Å². The predicted octanol–water partition coefficient (Wildman–Crippen LogP) is 3.54. The maximum absolute atomic E-state index is 11.5. The first-order valence-electron chi connectivity index (χ1n) is 9.65. The second kappa shape index (κ2) is 9.39. The third-order valence-electron chi connectivity index (χ3n) is 5.04. The lowest BCUT2D eigenvalue weighted by atomic mass is 9.88. The number of rotatable bonds is 7. The second-order valence-corrected chi connectivity index (χ2v) is 6.83. The third kappa shape index (κ3) is 4.85. The summed E-state index contributed by atoms with van der Waals surface area (Å²) >= 11 is 0. The molecule has 138 valence electrons. The van der Waals surface area contributed by atoms with Gasteiger partial charge >= 0.3 is 6.03 Å². The molecule has 26 heavy (non-hydrogen) atoms. The van der Waals surface area contributed by atoms with Gasteiger partial charge in [-0.25, -0.2) is 4.79 Å². The van der Waals surface area contributed by atoms with Gasteiger partial charge in [0, 0.05) is 32.2 Å². The summed E-state index contributed by atoms with van der Waals surface area (Å²) in [5.41, 5.74) is 4.31. The van der Waals surface area contributed by atoms with Crippen LogP contribution in [0.25, 0.3) is 0 Å². The Balaban J connectivity index is 1.65. The largest absolute Gasteiger partial charge is 0.338 e. The molecule has 2 aromatic carbocycles. The Morgan fingerprint density at radius 2 is 1.85 bits per heavy atom. The van der Waals surface area contributed by atoms with Crippen molar-refractivity contribution in [3.8, 4) is 0 Å². The molecule has 0 bridgehead atoms. The lowest BCUT2D eigenvalue weighted by Crippen LogP contribution is -2.40. The summed E-state index contributed by atoms with van der Waals surface area (Å²) in [5, 5.41) is 5.70. The fraction of sp³-hybridized carbons (Fsp3) is 0.409. The van der Waals surface area contributed by atoms with Crippen molar-refractivity contribution in [2.45, 2.75) is 32.2 Å². The van der Waals surface area contributed by atoms with Gasteiger partial charge in [0.25, 0.3) is 0 Å². The van der Waals surface area contributed by atoms with Gasteiger partial charge in [0.1, 0.15) is 0 Å². The lowest BCUT2D eigenvalue weighted by Gasteiger charge is -2.37. The Labute approximate surface area is 156 Å². The summed E-state index contributed by atoms with van der Waals surface area (Å²) in [6.07, 6.45) is 3.09. The van der Waals surface area contributed by atoms with Crippen LogP contribution in [0.4, 0.5) is 4.79 Å². The minimum atomic E-state index is -0.0719. The van der Waals surface area contributed by atoms with Crippen LogP contribution in [0, 0.1) is 0 Å². The van der Waals surface area contributed by atoms with Gasteiger partial charge in [0.05, 0.1) is 0 Å². The average Bonchev–Trinajstić information content (AvgIpc) is 2.67. The van der Waals surface area contributed by atoms with Crippen LogP contribution in [0.3, 0.4) is 0 Å². The Morgan fingerprint density at radius 3 is 2.65 bits per heavy atom. The molecule has 3 rings (SSSR count). The highest BCUT2D eigenvalue weighted by molar-refractivity contribution is 5.73.